The van der Waals surface area contributed by atoms with Crippen LogP contribution in [0.25, 0.3) is 0 Å². The fraction of sp³-hybridized carbons (Fsp3) is 0.214. The first kappa shape index (κ1) is 12.4. The molecular weight excluding hydrogens is 260 g/mol. The standard InChI is InChI=1S/C14H12N2O4/c1-8-5-10(20-15-8)7-16-12-6-9(19-2)3-4-11(12)13(17)14(16)18/h3-6H,7H2,1-2H3. The van der Waals surface area contributed by atoms with Gasteiger partial charge in [-0.3, -0.25) is 14.5 Å². The Kier molecular flexibility index (Phi) is 2.78. The van der Waals surface area contributed by atoms with Crippen LogP contribution in [0.2, 0.25) is 0 Å². The molecule has 0 N–H and O–H groups in total. The summed E-state index contributed by atoms with van der Waals surface area (Å²) in [7, 11) is 1.53. The summed E-state index contributed by atoms with van der Waals surface area (Å²) >= 11 is 0. The summed E-state index contributed by atoms with van der Waals surface area (Å²) in [5.41, 5.74) is 1.64. The third-order valence-electron chi connectivity index (χ3n) is 3.17. The SMILES string of the molecule is COc1ccc2c(c1)N(Cc1cc(C)no1)C(=O)C2=O. The van der Waals surface area contributed by atoms with Gasteiger partial charge in [0.05, 0.1) is 30.6 Å². The maximum absolute atomic E-state index is 12.0. The van der Waals surface area contributed by atoms with E-state index in [2.05, 4.69) is 5.16 Å². The number of carbonyl (C=O) groups is 2. The molecule has 1 aliphatic heterocycles. The average Bonchev–Trinajstić information content (AvgIpc) is 2.96. The molecule has 0 unspecified atom stereocenters. The van der Waals surface area contributed by atoms with E-state index < -0.39 is 11.7 Å². The van der Waals surface area contributed by atoms with Gasteiger partial charge in [0.25, 0.3) is 11.7 Å². The second-order valence-corrected chi connectivity index (χ2v) is 4.54. The van der Waals surface area contributed by atoms with Crippen molar-refractivity contribution in [2.45, 2.75) is 13.5 Å². The van der Waals surface area contributed by atoms with Crippen LogP contribution in [-0.2, 0) is 11.3 Å². The first-order chi connectivity index (χ1) is 9.60. The Morgan fingerprint density at radius 2 is 2.10 bits per heavy atom. The number of amides is 1. The fourth-order valence-corrected chi connectivity index (χ4v) is 2.20. The quantitative estimate of drug-likeness (QED) is 0.795. The summed E-state index contributed by atoms with van der Waals surface area (Å²) in [6.07, 6.45) is 0. The summed E-state index contributed by atoms with van der Waals surface area (Å²) < 4.78 is 10.2. The first-order valence-corrected chi connectivity index (χ1v) is 6.06. The van der Waals surface area contributed by atoms with E-state index in [0.717, 1.165) is 5.69 Å². The van der Waals surface area contributed by atoms with Gasteiger partial charge < -0.3 is 9.26 Å². The number of benzene rings is 1. The van der Waals surface area contributed by atoms with Gasteiger partial charge in [0.15, 0.2) is 5.76 Å². The molecule has 1 aliphatic rings. The van der Waals surface area contributed by atoms with Gasteiger partial charge in [0, 0.05) is 12.1 Å². The largest absolute Gasteiger partial charge is 0.497 e. The third kappa shape index (κ3) is 1.85. The molecule has 1 amide bonds. The Morgan fingerprint density at radius 3 is 2.75 bits per heavy atom. The van der Waals surface area contributed by atoms with Gasteiger partial charge >= 0.3 is 0 Å². The van der Waals surface area contributed by atoms with E-state index in [1.165, 1.54) is 12.0 Å². The van der Waals surface area contributed by atoms with Crippen molar-refractivity contribution in [3.05, 3.63) is 41.3 Å². The number of Topliss-reactive ketones (excluding diaryl/α,β-unsaturated/α-hetero) is 1. The molecule has 6 heteroatoms. The van der Waals surface area contributed by atoms with Gasteiger partial charge in [-0.2, -0.15) is 0 Å². The van der Waals surface area contributed by atoms with E-state index in [1.807, 2.05) is 0 Å². The highest BCUT2D eigenvalue weighted by Crippen LogP contribution is 2.33. The molecule has 20 heavy (non-hydrogen) atoms. The van der Waals surface area contributed by atoms with E-state index in [9.17, 15) is 9.59 Å². The molecule has 0 bridgehead atoms. The number of rotatable bonds is 3. The van der Waals surface area contributed by atoms with E-state index in [0.29, 0.717) is 22.8 Å². The van der Waals surface area contributed by atoms with Crippen LogP contribution in [0.3, 0.4) is 0 Å². The second-order valence-electron chi connectivity index (χ2n) is 4.54. The lowest BCUT2D eigenvalue weighted by atomic mass is 10.1. The van der Waals surface area contributed by atoms with Crippen molar-refractivity contribution >= 4 is 17.4 Å². The van der Waals surface area contributed by atoms with Crippen molar-refractivity contribution in [1.29, 1.82) is 0 Å². The number of methoxy groups -OCH3 is 1. The summed E-state index contributed by atoms with van der Waals surface area (Å²) in [5, 5.41) is 3.77. The van der Waals surface area contributed by atoms with Crippen molar-refractivity contribution in [1.82, 2.24) is 5.16 Å². The summed E-state index contributed by atoms with van der Waals surface area (Å²) in [4.78, 5) is 25.3. The van der Waals surface area contributed by atoms with Gasteiger partial charge in [-0.1, -0.05) is 5.16 Å². The summed E-state index contributed by atoms with van der Waals surface area (Å²) in [6, 6.07) is 6.66. The zero-order valence-electron chi connectivity index (χ0n) is 11.0. The molecule has 0 saturated heterocycles. The lowest BCUT2D eigenvalue weighted by Crippen LogP contribution is -2.28. The minimum Gasteiger partial charge on any atom is -0.497 e. The molecule has 1 aromatic heterocycles. The molecule has 3 rings (SSSR count). The van der Waals surface area contributed by atoms with Gasteiger partial charge in [-0.15, -0.1) is 0 Å². The van der Waals surface area contributed by atoms with E-state index in [4.69, 9.17) is 9.26 Å². The Hall–Kier alpha value is -2.63. The smallest absolute Gasteiger partial charge is 0.299 e. The monoisotopic (exact) mass is 272 g/mol. The minimum absolute atomic E-state index is 0.172. The van der Waals surface area contributed by atoms with Gasteiger partial charge in [-0.05, 0) is 19.1 Å². The number of ether oxygens (including phenoxy) is 1. The van der Waals surface area contributed by atoms with Crippen molar-refractivity contribution in [2.75, 3.05) is 12.0 Å². The van der Waals surface area contributed by atoms with Crippen LogP contribution in [0.15, 0.2) is 28.8 Å². The number of anilines is 1. The van der Waals surface area contributed by atoms with Crippen LogP contribution in [0.1, 0.15) is 21.8 Å². The first-order valence-electron chi connectivity index (χ1n) is 6.06. The molecule has 0 saturated carbocycles. The topological polar surface area (TPSA) is 72.6 Å². The van der Waals surface area contributed by atoms with E-state index in [-0.39, 0.29) is 6.54 Å². The molecule has 2 aromatic rings. The maximum Gasteiger partial charge on any atom is 0.299 e. The molecule has 0 atom stereocenters. The Bertz CT molecular complexity index is 705. The molecule has 6 nitrogen and oxygen atoms in total. The molecule has 0 fully saturated rings. The Balaban J connectivity index is 2.00. The number of carbonyl (C=O) groups excluding carboxylic acids is 2. The van der Waals surface area contributed by atoms with Gasteiger partial charge in [0.1, 0.15) is 5.75 Å². The third-order valence-corrected chi connectivity index (χ3v) is 3.17. The van der Waals surface area contributed by atoms with Crippen molar-refractivity contribution in [2.24, 2.45) is 0 Å². The summed E-state index contributed by atoms with van der Waals surface area (Å²) in [6.45, 7) is 1.96. The number of hydrogen-bond acceptors (Lipinski definition) is 5. The number of fused-ring (bicyclic) bond motifs is 1. The molecule has 0 spiro atoms. The van der Waals surface area contributed by atoms with Crippen LogP contribution in [0, 0.1) is 6.92 Å². The second kappa shape index (κ2) is 4.48. The molecular formula is C14H12N2O4. The highest BCUT2D eigenvalue weighted by Gasteiger charge is 2.36. The van der Waals surface area contributed by atoms with Crippen LogP contribution >= 0.6 is 0 Å². The Morgan fingerprint density at radius 1 is 1.30 bits per heavy atom. The minimum atomic E-state index is -0.567. The predicted octanol–water partition coefficient (Wildman–Crippen LogP) is 1.72. The number of hydrogen-bond donors (Lipinski definition) is 0. The number of ketones is 1. The fourth-order valence-electron chi connectivity index (χ4n) is 2.20. The molecule has 2 heterocycles. The summed E-state index contributed by atoms with van der Waals surface area (Å²) in [5.74, 6) is 0.0329. The van der Waals surface area contributed by atoms with Crippen LogP contribution in [0.4, 0.5) is 5.69 Å². The van der Waals surface area contributed by atoms with Gasteiger partial charge in [0.2, 0.25) is 0 Å². The van der Waals surface area contributed by atoms with Crippen LogP contribution in [0.5, 0.6) is 5.75 Å². The maximum atomic E-state index is 12.0. The van der Waals surface area contributed by atoms with Crippen molar-refractivity contribution < 1.29 is 18.8 Å². The Labute approximate surface area is 114 Å². The molecule has 0 radical (unpaired) electrons. The highest BCUT2D eigenvalue weighted by molar-refractivity contribution is 6.52. The van der Waals surface area contributed by atoms with E-state index in [1.54, 1.807) is 31.2 Å². The molecule has 0 aliphatic carbocycles. The zero-order valence-corrected chi connectivity index (χ0v) is 11.0. The van der Waals surface area contributed by atoms with Crippen molar-refractivity contribution in [3.63, 3.8) is 0 Å². The van der Waals surface area contributed by atoms with Gasteiger partial charge in [-0.25, -0.2) is 0 Å². The highest BCUT2D eigenvalue weighted by atomic mass is 16.5. The number of aromatic nitrogens is 1. The zero-order chi connectivity index (χ0) is 14.3. The van der Waals surface area contributed by atoms with E-state index >= 15 is 0 Å². The lowest BCUT2D eigenvalue weighted by molar-refractivity contribution is -0.114. The predicted molar refractivity (Wildman–Crippen MR) is 69.8 cm³/mol. The average molecular weight is 272 g/mol. The lowest BCUT2D eigenvalue weighted by Gasteiger charge is -2.14. The van der Waals surface area contributed by atoms with Crippen molar-refractivity contribution in [3.8, 4) is 5.75 Å². The van der Waals surface area contributed by atoms with Crippen LogP contribution < -0.4 is 9.64 Å². The number of aryl methyl sites for hydroxylation is 1. The number of nitrogens with zero attached hydrogens (tertiary/aromatic N) is 2. The molecule has 1 aromatic carbocycles. The normalized spacial score (nSPS) is 13.8. The molecule has 102 valence electrons. The van der Waals surface area contributed by atoms with Crippen LogP contribution in [-0.4, -0.2) is 24.0 Å².